The van der Waals surface area contributed by atoms with E-state index in [2.05, 4.69) is 0 Å². The van der Waals surface area contributed by atoms with Crippen molar-refractivity contribution in [3.8, 4) is 5.88 Å². The van der Waals surface area contributed by atoms with Gasteiger partial charge in [-0.25, -0.2) is 0 Å². The molecule has 2 N–H and O–H groups in total. The van der Waals surface area contributed by atoms with Gasteiger partial charge in [-0.3, -0.25) is 9.36 Å². The van der Waals surface area contributed by atoms with Crippen LogP contribution >= 0.6 is 0 Å². The quantitative estimate of drug-likeness (QED) is 0.803. The number of nitrogens with zero attached hydrogens (tertiary/aromatic N) is 1. The smallest absolute Gasteiger partial charge is 0.251 e. The Hall–Kier alpha value is -2.01. The fraction of sp³-hybridized carbons (Fsp3) is 0.250. The first-order valence-electron chi connectivity index (χ1n) is 5.31. The predicted octanol–water partition coefficient (Wildman–Crippen LogP) is 1.03. The summed E-state index contributed by atoms with van der Waals surface area (Å²) in [6, 6.07) is 9.73. The van der Waals surface area contributed by atoms with Gasteiger partial charge in [0.05, 0.1) is 12.6 Å². The van der Waals surface area contributed by atoms with Crippen molar-refractivity contribution in [3.63, 3.8) is 0 Å². The highest BCUT2D eigenvalue weighted by molar-refractivity contribution is 5.85. The highest BCUT2D eigenvalue weighted by Crippen LogP contribution is 2.40. The second-order valence-corrected chi connectivity index (χ2v) is 3.97. The van der Waals surface area contributed by atoms with Crippen molar-refractivity contribution in [2.24, 2.45) is 5.73 Å². The summed E-state index contributed by atoms with van der Waals surface area (Å²) in [5.41, 5.74) is 6.18. The number of epoxide rings is 1. The Morgan fingerprint density at radius 3 is 2.88 bits per heavy atom. The van der Waals surface area contributed by atoms with Crippen molar-refractivity contribution in [2.75, 3.05) is 7.11 Å². The Bertz CT molecular complexity index is 590. The van der Waals surface area contributed by atoms with Gasteiger partial charge in [0.25, 0.3) is 5.91 Å². The maximum atomic E-state index is 11.0. The maximum Gasteiger partial charge on any atom is 0.251 e. The molecule has 17 heavy (non-hydrogen) atoms. The molecule has 5 nitrogen and oxygen atoms in total. The van der Waals surface area contributed by atoms with Gasteiger partial charge in [0.2, 0.25) is 0 Å². The number of aromatic nitrogens is 1. The van der Waals surface area contributed by atoms with Crippen molar-refractivity contribution in [1.82, 2.24) is 4.57 Å². The van der Waals surface area contributed by atoms with E-state index in [1.807, 2.05) is 34.9 Å². The van der Waals surface area contributed by atoms with Crippen LogP contribution in [-0.4, -0.2) is 23.7 Å². The summed E-state index contributed by atoms with van der Waals surface area (Å²) in [4.78, 5) is 11.0. The summed E-state index contributed by atoms with van der Waals surface area (Å²) >= 11 is 0. The minimum Gasteiger partial charge on any atom is -0.482 e. The monoisotopic (exact) mass is 232 g/mol. The van der Waals surface area contributed by atoms with Gasteiger partial charge < -0.3 is 15.2 Å². The van der Waals surface area contributed by atoms with Crippen LogP contribution in [0.5, 0.6) is 5.88 Å². The van der Waals surface area contributed by atoms with Gasteiger partial charge in [0.1, 0.15) is 0 Å². The molecule has 0 aliphatic carbocycles. The lowest BCUT2D eigenvalue weighted by molar-refractivity contribution is -0.119. The second kappa shape index (κ2) is 3.49. The normalized spacial score (nSPS) is 22.6. The predicted molar refractivity (Wildman–Crippen MR) is 61.6 cm³/mol. The van der Waals surface area contributed by atoms with Gasteiger partial charge in [-0.05, 0) is 6.07 Å². The highest BCUT2D eigenvalue weighted by Gasteiger charge is 2.47. The summed E-state index contributed by atoms with van der Waals surface area (Å²) < 4.78 is 12.4. The van der Waals surface area contributed by atoms with Crippen LogP contribution in [0.25, 0.3) is 10.9 Å². The molecule has 1 saturated heterocycles. The summed E-state index contributed by atoms with van der Waals surface area (Å²) in [7, 11) is 1.59. The number of hydrogen-bond donors (Lipinski definition) is 1. The molecule has 5 heteroatoms. The van der Waals surface area contributed by atoms with E-state index in [4.69, 9.17) is 15.2 Å². The van der Waals surface area contributed by atoms with Crippen molar-refractivity contribution >= 4 is 16.8 Å². The van der Waals surface area contributed by atoms with Gasteiger partial charge >= 0.3 is 0 Å². The van der Waals surface area contributed by atoms with E-state index in [9.17, 15) is 4.79 Å². The molecule has 1 aromatic heterocycles. The molecule has 1 aliphatic heterocycles. The zero-order valence-corrected chi connectivity index (χ0v) is 9.29. The van der Waals surface area contributed by atoms with Crippen LogP contribution in [0, 0.1) is 0 Å². The van der Waals surface area contributed by atoms with E-state index >= 15 is 0 Å². The van der Waals surface area contributed by atoms with E-state index in [-0.39, 0.29) is 6.23 Å². The molecule has 2 atom stereocenters. The number of benzene rings is 1. The molecular weight excluding hydrogens is 220 g/mol. The van der Waals surface area contributed by atoms with Crippen LogP contribution in [0.1, 0.15) is 6.23 Å². The second-order valence-electron chi connectivity index (χ2n) is 3.97. The average molecular weight is 232 g/mol. The molecule has 1 amide bonds. The lowest BCUT2D eigenvalue weighted by Crippen LogP contribution is -2.19. The number of methoxy groups -OCH3 is 1. The number of carbonyl (C=O) groups is 1. The first kappa shape index (κ1) is 10.2. The number of carbonyl (C=O) groups excluding carboxylic acids is 1. The van der Waals surface area contributed by atoms with Gasteiger partial charge in [0, 0.05) is 11.5 Å². The standard InChI is InChI=1S/C12H12N2O3/c1-16-9-6-7-4-2-3-5-8(7)14(9)12-10(17-12)11(13)15/h2-6,10,12H,1H3,(H2,13,15). The summed E-state index contributed by atoms with van der Waals surface area (Å²) in [5.74, 6) is 0.217. The fourth-order valence-corrected chi connectivity index (χ4v) is 2.08. The van der Waals surface area contributed by atoms with E-state index in [1.165, 1.54) is 0 Å². The van der Waals surface area contributed by atoms with E-state index in [1.54, 1.807) is 7.11 Å². The third-order valence-electron chi connectivity index (χ3n) is 2.93. The number of amides is 1. The molecule has 0 spiro atoms. The molecule has 3 rings (SSSR count). The first-order valence-corrected chi connectivity index (χ1v) is 5.31. The van der Waals surface area contributed by atoms with Gasteiger partial charge in [-0.15, -0.1) is 0 Å². The molecule has 2 unspecified atom stereocenters. The molecule has 0 bridgehead atoms. The van der Waals surface area contributed by atoms with E-state index < -0.39 is 12.0 Å². The van der Waals surface area contributed by atoms with Crippen LogP contribution in [0.15, 0.2) is 30.3 Å². The third-order valence-corrected chi connectivity index (χ3v) is 2.93. The SMILES string of the molecule is COc1cc2ccccc2n1C1OC1C(N)=O. The molecule has 1 aromatic carbocycles. The Morgan fingerprint density at radius 1 is 1.47 bits per heavy atom. The topological polar surface area (TPSA) is 69.8 Å². The highest BCUT2D eigenvalue weighted by atomic mass is 16.6. The fourth-order valence-electron chi connectivity index (χ4n) is 2.08. The van der Waals surface area contributed by atoms with Crippen LogP contribution in [0.4, 0.5) is 0 Å². The summed E-state index contributed by atoms with van der Waals surface area (Å²) in [6.45, 7) is 0. The minimum absolute atomic E-state index is 0.345. The molecule has 0 radical (unpaired) electrons. The molecule has 0 saturated carbocycles. The molecule has 2 heterocycles. The number of primary amides is 1. The van der Waals surface area contributed by atoms with Crippen molar-refractivity contribution in [1.29, 1.82) is 0 Å². The average Bonchev–Trinajstić information content (AvgIpc) is 3.03. The first-order chi connectivity index (χ1) is 8.22. The van der Waals surface area contributed by atoms with Crippen LogP contribution in [0.2, 0.25) is 0 Å². The zero-order valence-electron chi connectivity index (χ0n) is 9.29. The zero-order chi connectivity index (χ0) is 12.0. The Morgan fingerprint density at radius 2 is 2.24 bits per heavy atom. The van der Waals surface area contributed by atoms with Crippen molar-refractivity contribution in [3.05, 3.63) is 30.3 Å². The Kier molecular flexibility index (Phi) is 2.09. The lowest BCUT2D eigenvalue weighted by Gasteiger charge is -2.05. The molecule has 2 aromatic rings. The molecule has 1 aliphatic rings. The van der Waals surface area contributed by atoms with Gasteiger partial charge in [-0.1, -0.05) is 18.2 Å². The number of rotatable bonds is 3. The van der Waals surface area contributed by atoms with E-state index in [0.29, 0.717) is 5.88 Å². The van der Waals surface area contributed by atoms with Gasteiger partial charge in [-0.2, -0.15) is 0 Å². The lowest BCUT2D eigenvalue weighted by atomic mass is 10.2. The van der Waals surface area contributed by atoms with Crippen LogP contribution in [-0.2, 0) is 9.53 Å². The van der Waals surface area contributed by atoms with Crippen LogP contribution in [0.3, 0.4) is 0 Å². The Balaban J connectivity index is 2.11. The Labute approximate surface area is 97.7 Å². The summed E-state index contributed by atoms with van der Waals surface area (Å²) in [5, 5.41) is 1.04. The number of fused-ring (bicyclic) bond motifs is 1. The largest absolute Gasteiger partial charge is 0.482 e. The van der Waals surface area contributed by atoms with Crippen molar-refractivity contribution in [2.45, 2.75) is 12.3 Å². The van der Waals surface area contributed by atoms with Crippen molar-refractivity contribution < 1.29 is 14.3 Å². The molecule has 1 fully saturated rings. The van der Waals surface area contributed by atoms with Gasteiger partial charge in [0.15, 0.2) is 18.2 Å². The van der Waals surface area contributed by atoms with Crippen LogP contribution < -0.4 is 10.5 Å². The number of nitrogens with two attached hydrogens (primary N) is 1. The third kappa shape index (κ3) is 1.47. The maximum absolute atomic E-state index is 11.0. The number of para-hydroxylation sites is 1. The molecule has 88 valence electrons. The molecular formula is C12H12N2O3. The number of hydrogen-bond acceptors (Lipinski definition) is 3. The summed E-state index contributed by atoms with van der Waals surface area (Å²) in [6.07, 6.45) is -0.901. The number of ether oxygens (including phenoxy) is 2. The van der Waals surface area contributed by atoms with E-state index in [0.717, 1.165) is 10.9 Å². The minimum atomic E-state index is -0.556.